The first-order valence-electron chi connectivity index (χ1n) is 14.8. The van der Waals surface area contributed by atoms with E-state index in [0.717, 1.165) is 39.8 Å². The predicted octanol–water partition coefficient (Wildman–Crippen LogP) is 4.45. The number of hydrogen-bond donors (Lipinski definition) is 2. The van der Waals surface area contributed by atoms with Gasteiger partial charge < -0.3 is 19.8 Å². The van der Waals surface area contributed by atoms with Crippen molar-refractivity contribution in [2.45, 2.75) is 58.8 Å². The van der Waals surface area contributed by atoms with Gasteiger partial charge in [0.15, 0.2) is 0 Å². The highest BCUT2D eigenvalue weighted by molar-refractivity contribution is 7.98. The van der Waals surface area contributed by atoms with E-state index in [9.17, 15) is 9.59 Å². The molecule has 1 aliphatic heterocycles. The van der Waals surface area contributed by atoms with Crippen molar-refractivity contribution in [2.75, 3.05) is 31.7 Å². The Labute approximate surface area is 265 Å². The molecule has 11 nitrogen and oxygen atoms in total. The number of rotatable bonds is 6. The Morgan fingerprint density at radius 2 is 2.05 bits per heavy atom. The summed E-state index contributed by atoms with van der Waals surface area (Å²) in [6, 6.07) is 8.82. The zero-order valence-corrected chi connectivity index (χ0v) is 27.0. The monoisotopic (exact) mass is 637 g/mol. The smallest absolute Gasteiger partial charge is 0.252 e. The number of hydrogen-bond acceptors (Lipinski definition) is 10. The SMILES string of the molecule is CSCC[C@@H]1NC(=O)c2cc(ccc2C)OCCCn2cc(nn2)CN(Cc2nc(-c3cccs3)oc2C)CCCNC1=O. The van der Waals surface area contributed by atoms with Gasteiger partial charge in [-0.25, -0.2) is 4.98 Å². The summed E-state index contributed by atoms with van der Waals surface area (Å²) in [4.78, 5) is 34.6. The standard InChI is InChI=1S/C31H39N7O4S2/c1-21-8-9-24-17-25(21)29(39)33-26(10-16-43-3)30(40)32-11-5-12-37(18-23-19-38(36-35-23)13-6-14-41-24)20-27-22(2)42-31(34-27)28-7-4-15-44-28/h4,7-9,15,17,19,26H,5-6,10-14,16,18,20H2,1-3H3,(H,32,40)(H,33,39)/t26-/m0/s1. The number of thiophene rings is 1. The lowest BCUT2D eigenvalue weighted by Gasteiger charge is -2.22. The molecule has 0 saturated heterocycles. The lowest BCUT2D eigenvalue weighted by molar-refractivity contribution is -0.123. The molecular formula is C31H39N7O4S2. The average molecular weight is 638 g/mol. The number of benzene rings is 1. The summed E-state index contributed by atoms with van der Waals surface area (Å²) in [5, 5.41) is 16.8. The number of amides is 2. The highest BCUT2D eigenvalue weighted by atomic mass is 32.2. The van der Waals surface area contributed by atoms with Crippen LogP contribution in [0.15, 0.2) is 46.3 Å². The van der Waals surface area contributed by atoms with E-state index in [2.05, 4.69) is 25.8 Å². The number of nitrogens with one attached hydrogen (secondary N) is 2. The minimum absolute atomic E-state index is 0.186. The topological polar surface area (TPSA) is 127 Å². The second-order valence-electron chi connectivity index (χ2n) is 10.8. The fourth-order valence-electron chi connectivity index (χ4n) is 4.99. The van der Waals surface area contributed by atoms with E-state index in [4.69, 9.17) is 14.1 Å². The largest absolute Gasteiger partial charge is 0.494 e. The molecule has 2 N–H and O–H groups in total. The van der Waals surface area contributed by atoms with Crippen molar-refractivity contribution >= 4 is 34.9 Å². The van der Waals surface area contributed by atoms with Gasteiger partial charge in [-0.1, -0.05) is 17.3 Å². The summed E-state index contributed by atoms with van der Waals surface area (Å²) in [5.74, 6) is 2.30. The Balaban J connectivity index is 1.33. The highest BCUT2D eigenvalue weighted by Gasteiger charge is 2.23. The fraction of sp³-hybridized carbons (Fsp3) is 0.452. The summed E-state index contributed by atoms with van der Waals surface area (Å²) in [6.45, 7) is 7.23. The van der Waals surface area contributed by atoms with Crippen LogP contribution in [0.1, 0.15) is 52.3 Å². The summed E-state index contributed by atoms with van der Waals surface area (Å²) in [6.07, 6.45) is 5.92. The number of thioether (sulfide) groups is 1. The summed E-state index contributed by atoms with van der Waals surface area (Å²) in [5.41, 5.74) is 3.05. The van der Waals surface area contributed by atoms with Crippen LogP contribution in [0.3, 0.4) is 0 Å². The molecule has 3 aromatic heterocycles. The quantitative estimate of drug-likeness (QED) is 0.315. The molecule has 234 valence electrons. The van der Waals surface area contributed by atoms with Gasteiger partial charge in [-0.15, -0.1) is 16.4 Å². The number of carbonyl (C=O) groups is 2. The van der Waals surface area contributed by atoms with Crippen LogP contribution in [-0.2, 0) is 24.4 Å². The van der Waals surface area contributed by atoms with Crippen LogP contribution in [-0.4, -0.2) is 74.4 Å². The van der Waals surface area contributed by atoms with Gasteiger partial charge in [0.1, 0.15) is 17.6 Å². The summed E-state index contributed by atoms with van der Waals surface area (Å²) >= 11 is 3.24. The molecule has 4 aromatic rings. The molecule has 5 rings (SSSR count). The van der Waals surface area contributed by atoms with Crippen LogP contribution in [0, 0.1) is 13.8 Å². The van der Waals surface area contributed by atoms with Crippen molar-refractivity contribution < 1.29 is 18.7 Å². The molecule has 0 saturated carbocycles. The van der Waals surface area contributed by atoms with Crippen LogP contribution in [0.5, 0.6) is 5.75 Å². The molecule has 0 fully saturated rings. The van der Waals surface area contributed by atoms with Gasteiger partial charge in [-0.05, 0) is 67.8 Å². The number of aryl methyl sites for hydroxylation is 3. The highest BCUT2D eigenvalue weighted by Crippen LogP contribution is 2.27. The lowest BCUT2D eigenvalue weighted by Crippen LogP contribution is -2.47. The molecule has 44 heavy (non-hydrogen) atoms. The maximum Gasteiger partial charge on any atom is 0.252 e. The number of ether oxygens (including phenoxy) is 1. The third kappa shape index (κ3) is 8.48. The number of carbonyl (C=O) groups excluding carboxylic acids is 2. The molecule has 13 heteroatoms. The molecule has 0 spiro atoms. The first-order valence-corrected chi connectivity index (χ1v) is 17.1. The van der Waals surface area contributed by atoms with Gasteiger partial charge in [0.2, 0.25) is 11.8 Å². The average Bonchev–Trinajstić information content (AvgIpc) is 3.78. The molecule has 1 aliphatic rings. The zero-order chi connectivity index (χ0) is 30.9. The molecule has 0 radical (unpaired) electrons. The van der Waals surface area contributed by atoms with Gasteiger partial charge in [0, 0.05) is 50.9 Å². The van der Waals surface area contributed by atoms with Crippen molar-refractivity contribution in [2.24, 2.45) is 0 Å². The maximum atomic E-state index is 13.3. The van der Waals surface area contributed by atoms with E-state index in [1.165, 1.54) is 0 Å². The molecule has 0 aliphatic carbocycles. The Bertz CT molecular complexity index is 1540. The van der Waals surface area contributed by atoms with E-state index < -0.39 is 6.04 Å². The predicted molar refractivity (Wildman–Crippen MR) is 172 cm³/mol. The van der Waals surface area contributed by atoms with Crippen LogP contribution in [0.4, 0.5) is 0 Å². The van der Waals surface area contributed by atoms with Crippen LogP contribution in [0.2, 0.25) is 0 Å². The second kappa shape index (κ2) is 15.4. The molecule has 1 aromatic carbocycles. The molecule has 2 amide bonds. The lowest BCUT2D eigenvalue weighted by atomic mass is 10.1. The Morgan fingerprint density at radius 3 is 2.86 bits per heavy atom. The Morgan fingerprint density at radius 1 is 1.16 bits per heavy atom. The second-order valence-corrected chi connectivity index (χ2v) is 12.7. The van der Waals surface area contributed by atoms with Crippen molar-refractivity contribution in [3.8, 4) is 16.5 Å². The zero-order valence-electron chi connectivity index (χ0n) is 25.4. The third-order valence-corrected chi connectivity index (χ3v) is 8.91. The number of oxazole rings is 1. The minimum atomic E-state index is -0.635. The summed E-state index contributed by atoms with van der Waals surface area (Å²) < 4.78 is 13.8. The van der Waals surface area contributed by atoms with E-state index in [0.29, 0.717) is 69.4 Å². The number of aromatic nitrogens is 4. The normalized spacial score (nSPS) is 17.5. The molecule has 1 atom stereocenters. The minimum Gasteiger partial charge on any atom is -0.494 e. The summed E-state index contributed by atoms with van der Waals surface area (Å²) in [7, 11) is 0. The van der Waals surface area contributed by atoms with Crippen molar-refractivity contribution in [3.63, 3.8) is 0 Å². The van der Waals surface area contributed by atoms with E-state index in [-0.39, 0.29) is 11.8 Å². The van der Waals surface area contributed by atoms with Gasteiger partial charge in [-0.3, -0.25) is 19.2 Å². The van der Waals surface area contributed by atoms with Gasteiger partial charge >= 0.3 is 0 Å². The maximum absolute atomic E-state index is 13.3. The number of nitrogens with zero attached hydrogens (tertiary/aromatic N) is 5. The first kappa shape index (κ1) is 31.7. The van der Waals surface area contributed by atoms with Crippen molar-refractivity contribution in [1.82, 2.24) is 35.5 Å². The Kier molecular flexibility index (Phi) is 11.1. The molecule has 4 heterocycles. The molecular weight excluding hydrogens is 599 g/mol. The number of fused-ring (bicyclic) bond motifs is 4. The van der Waals surface area contributed by atoms with E-state index >= 15 is 0 Å². The third-order valence-electron chi connectivity index (χ3n) is 7.41. The van der Waals surface area contributed by atoms with Crippen molar-refractivity contribution in [3.05, 3.63) is 70.2 Å². The van der Waals surface area contributed by atoms with Gasteiger partial charge in [-0.2, -0.15) is 11.8 Å². The van der Waals surface area contributed by atoms with Gasteiger partial charge in [0.05, 0.1) is 22.9 Å². The van der Waals surface area contributed by atoms with Crippen LogP contribution in [0.25, 0.3) is 10.8 Å². The molecule has 4 bridgehead atoms. The first-order chi connectivity index (χ1) is 21.4. The van der Waals surface area contributed by atoms with E-state index in [1.54, 1.807) is 29.2 Å². The van der Waals surface area contributed by atoms with E-state index in [1.807, 2.05) is 60.6 Å². The molecule has 0 unspecified atom stereocenters. The fourth-order valence-corrected chi connectivity index (χ4v) is 6.11. The van der Waals surface area contributed by atoms with Gasteiger partial charge in [0.25, 0.3) is 5.91 Å². The van der Waals surface area contributed by atoms with Crippen LogP contribution < -0.4 is 15.4 Å². The Hall–Kier alpha value is -3.68. The van der Waals surface area contributed by atoms with Crippen molar-refractivity contribution in [1.29, 1.82) is 0 Å². The van der Waals surface area contributed by atoms with Crippen LogP contribution >= 0.6 is 23.1 Å².